The van der Waals surface area contributed by atoms with E-state index in [0.29, 0.717) is 0 Å². The summed E-state index contributed by atoms with van der Waals surface area (Å²) in [5.74, 6) is 0.700. The van der Waals surface area contributed by atoms with Crippen LogP contribution in [-0.2, 0) is 6.54 Å². The first-order chi connectivity index (χ1) is 10.2. The molecule has 0 heterocycles. The van der Waals surface area contributed by atoms with Crippen molar-refractivity contribution in [3.05, 3.63) is 65.5 Å². The number of ether oxygens (including phenoxy) is 1. The average Bonchev–Trinajstić information content (AvgIpc) is 2.51. The number of rotatable bonds is 7. The van der Waals surface area contributed by atoms with Gasteiger partial charge in [-0.3, -0.25) is 0 Å². The van der Waals surface area contributed by atoms with Crippen LogP contribution in [0.4, 0.5) is 4.39 Å². The first-order valence-electron chi connectivity index (χ1n) is 7.39. The Balaban J connectivity index is 1.93. The Morgan fingerprint density at radius 3 is 2.71 bits per heavy atom. The zero-order chi connectivity index (χ0) is 15.1. The van der Waals surface area contributed by atoms with E-state index in [9.17, 15) is 4.39 Å². The lowest BCUT2D eigenvalue weighted by Crippen LogP contribution is -2.18. The lowest BCUT2D eigenvalue weighted by atomic mass is 10.1. The van der Waals surface area contributed by atoms with Gasteiger partial charge in [-0.1, -0.05) is 31.2 Å². The fraction of sp³-hybridized carbons (Fsp3) is 0.333. The molecule has 2 aromatic carbocycles. The number of hydrogen-bond donors (Lipinski definition) is 1. The topological polar surface area (TPSA) is 21.3 Å². The van der Waals surface area contributed by atoms with E-state index in [4.69, 9.17) is 4.74 Å². The molecule has 1 atom stereocenters. The molecule has 0 aliphatic carbocycles. The highest BCUT2D eigenvalue weighted by Gasteiger charge is 2.06. The maximum Gasteiger partial charge on any atom is 0.123 e. The summed E-state index contributed by atoms with van der Waals surface area (Å²) in [6.07, 6.45) is 0.999. The third-order valence-corrected chi connectivity index (χ3v) is 3.33. The van der Waals surface area contributed by atoms with Gasteiger partial charge < -0.3 is 10.1 Å². The van der Waals surface area contributed by atoms with Crippen LogP contribution < -0.4 is 10.1 Å². The lowest BCUT2D eigenvalue weighted by molar-refractivity contribution is 0.317. The minimum Gasteiger partial charge on any atom is -0.494 e. The smallest absolute Gasteiger partial charge is 0.123 e. The molecule has 0 spiro atoms. The molecule has 2 rings (SSSR count). The van der Waals surface area contributed by atoms with E-state index in [1.807, 2.05) is 31.2 Å². The highest BCUT2D eigenvalue weighted by atomic mass is 19.1. The fourth-order valence-corrected chi connectivity index (χ4v) is 2.13. The van der Waals surface area contributed by atoms with E-state index < -0.39 is 0 Å². The standard InChI is InChI=1S/C18H22FNO/c1-3-10-21-18-9-4-6-15(11-18)13-20-14(2)16-7-5-8-17(19)12-16/h4-9,11-12,14,20H,3,10,13H2,1-2H3. The summed E-state index contributed by atoms with van der Waals surface area (Å²) in [7, 11) is 0. The van der Waals surface area contributed by atoms with Gasteiger partial charge in [0.05, 0.1) is 6.61 Å². The van der Waals surface area contributed by atoms with Crippen molar-refractivity contribution in [1.82, 2.24) is 5.32 Å². The van der Waals surface area contributed by atoms with Crippen LogP contribution in [0.3, 0.4) is 0 Å². The number of hydrogen-bond acceptors (Lipinski definition) is 2. The van der Waals surface area contributed by atoms with Gasteiger partial charge >= 0.3 is 0 Å². The maximum absolute atomic E-state index is 13.2. The molecule has 3 heteroatoms. The summed E-state index contributed by atoms with van der Waals surface area (Å²) in [4.78, 5) is 0. The molecule has 2 nitrogen and oxygen atoms in total. The predicted octanol–water partition coefficient (Wildman–Crippen LogP) is 4.47. The first kappa shape index (κ1) is 15.5. The van der Waals surface area contributed by atoms with Crippen LogP contribution in [0.1, 0.15) is 37.4 Å². The molecular weight excluding hydrogens is 265 g/mol. The van der Waals surface area contributed by atoms with Crippen LogP contribution in [0.25, 0.3) is 0 Å². The van der Waals surface area contributed by atoms with E-state index in [0.717, 1.165) is 36.4 Å². The third-order valence-electron chi connectivity index (χ3n) is 3.33. The Hall–Kier alpha value is -1.87. The zero-order valence-electron chi connectivity index (χ0n) is 12.6. The van der Waals surface area contributed by atoms with Crippen LogP contribution in [0.2, 0.25) is 0 Å². The second-order valence-electron chi connectivity index (χ2n) is 5.15. The molecule has 0 amide bonds. The quantitative estimate of drug-likeness (QED) is 0.811. The van der Waals surface area contributed by atoms with Gasteiger partial charge in [0.2, 0.25) is 0 Å². The van der Waals surface area contributed by atoms with Crippen molar-refractivity contribution >= 4 is 0 Å². The van der Waals surface area contributed by atoms with Crippen LogP contribution in [0.15, 0.2) is 48.5 Å². The van der Waals surface area contributed by atoms with Gasteiger partial charge in [-0.2, -0.15) is 0 Å². The van der Waals surface area contributed by atoms with Gasteiger partial charge in [-0.15, -0.1) is 0 Å². The molecular formula is C18H22FNO. The zero-order valence-corrected chi connectivity index (χ0v) is 12.6. The van der Waals surface area contributed by atoms with Gasteiger partial charge in [0.1, 0.15) is 11.6 Å². The molecule has 112 valence electrons. The van der Waals surface area contributed by atoms with Crippen molar-refractivity contribution < 1.29 is 9.13 Å². The summed E-state index contributed by atoms with van der Waals surface area (Å²) < 4.78 is 18.8. The SMILES string of the molecule is CCCOc1cccc(CNC(C)c2cccc(F)c2)c1. The summed E-state index contributed by atoms with van der Waals surface area (Å²) in [5.41, 5.74) is 2.11. The summed E-state index contributed by atoms with van der Waals surface area (Å²) in [5, 5.41) is 3.40. The molecule has 0 radical (unpaired) electrons. The third kappa shape index (κ3) is 4.87. The Morgan fingerprint density at radius 2 is 1.95 bits per heavy atom. The van der Waals surface area contributed by atoms with Gasteiger partial charge in [-0.25, -0.2) is 4.39 Å². The minimum absolute atomic E-state index is 0.0981. The normalized spacial score (nSPS) is 12.1. The first-order valence-corrected chi connectivity index (χ1v) is 7.39. The highest BCUT2D eigenvalue weighted by molar-refractivity contribution is 5.28. The highest BCUT2D eigenvalue weighted by Crippen LogP contribution is 2.17. The van der Waals surface area contributed by atoms with Crippen molar-refractivity contribution in [3.63, 3.8) is 0 Å². The number of benzene rings is 2. The molecule has 0 fully saturated rings. The average molecular weight is 287 g/mol. The van der Waals surface area contributed by atoms with Crippen molar-refractivity contribution in [2.75, 3.05) is 6.61 Å². The molecule has 0 bridgehead atoms. The molecule has 2 aromatic rings. The van der Waals surface area contributed by atoms with Gasteiger partial charge in [0, 0.05) is 12.6 Å². The van der Waals surface area contributed by atoms with Crippen molar-refractivity contribution in [2.45, 2.75) is 32.9 Å². The van der Waals surface area contributed by atoms with E-state index in [-0.39, 0.29) is 11.9 Å². The van der Waals surface area contributed by atoms with Gasteiger partial charge in [-0.05, 0) is 48.7 Å². The Kier molecular flexibility index (Phi) is 5.76. The monoisotopic (exact) mass is 287 g/mol. The minimum atomic E-state index is -0.198. The second kappa shape index (κ2) is 7.79. The Labute approximate surface area is 126 Å². The van der Waals surface area contributed by atoms with Crippen LogP contribution in [0.5, 0.6) is 5.75 Å². The van der Waals surface area contributed by atoms with E-state index in [1.165, 1.54) is 6.07 Å². The van der Waals surface area contributed by atoms with Crippen molar-refractivity contribution in [1.29, 1.82) is 0 Å². The lowest BCUT2D eigenvalue weighted by Gasteiger charge is -2.15. The molecule has 1 unspecified atom stereocenters. The van der Waals surface area contributed by atoms with E-state index in [1.54, 1.807) is 12.1 Å². The maximum atomic E-state index is 13.2. The molecule has 0 aliphatic rings. The second-order valence-corrected chi connectivity index (χ2v) is 5.15. The fourth-order valence-electron chi connectivity index (χ4n) is 2.13. The molecule has 0 aromatic heterocycles. The summed E-state index contributed by atoms with van der Waals surface area (Å²) >= 11 is 0. The molecule has 0 saturated heterocycles. The number of halogens is 1. The van der Waals surface area contributed by atoms with Crippen LogP contribution in [-0.4, -0.2) is 6.61 Å². The summed E-state index contributed by atoms with van der Waals surface area (Å²) in [6, 6.07) is 14.9. The van der Waals surface area contributed by atoms with Crippen LogP contribution in [0, 0.1) is 5.82 Å². The largest absolute Gasteiger partial charge is 0.494 e. The van der Waals surface area contributed by atoms with Crippen LogP contribution >= 0.6 is 0 Å². The van der Waals surface area contributed by atoms with E-state index >= 15 is 0 Å². The van der Waals surface area contributed by atoms with Crippen molar-refractivity contribution in [2.24, 2.45) is 0 Å². The van der Waals surface area contributed by atoms with Gasteiger partial charge in [0.15, 0.2) is 0 Å². The van der Waals surface area contributed by atoms with Crippen molar-refractivity contribution in [3.8, 4) is 5.75 Å². The predicted molar refractivity (Wildman–Crippen MR) is 83.9 cm³/mol. The molecule has 0 aliphatic heterocycles. The Bertz CT molecular complexity index is 571. The summed E-state index contributed by atoms with van der Waals surface area (Å²) in [6.45, 7) is 5.58. The molecule has 21 heavy (non-hydrogen) atoms. The van der Waals surface area contributed by atoms with Gasteiger partial charge in [0.25, 0.3) is 0 Å². The number of nitrogens with one attached hydrogen (secondary N) is 1. The molecule has 0 saturated carbocycles. The molecule has 1 N–H and O–H groups in total. The Morgan fingerprint density at radius 1 is 1.14 bits per heavy atom. The van der Waals surface area contributed by atoms with E-state index in [2.05, 4.69) is 18.3 Å².